The monoisotopic (exact) mass is 675 g/mol. The Labute approximate surface area is 287 Å². The fraction of sp³-hybridized carbons (Fsp3) is 0.0789. The van der Waals surface area contributed by atoms with Crippen molar-refractivity contribution in [2.75, 3.05) is 10.2 Å². The molecular weight excluding hydrogens is 646 g/mol. The summed E-state index contributed by atoms with van der Waals surface area (Å²) in [7, 11) is 0. The van der Waals surface area contributed by atoms with Crippen molar-refractivity contribution in [1.29, 1.82) is 0 Å². The highest BCUT2D eigenvalue weighted by Crippen LogP contribution is 2.48. The van der Waals surface area contributed by atoms with Crippen LogP contribution in [0.5, 0.6) is 0 Å². The van der Waals surface area contributed by atoms with Crippen molar-refractivity contribution < 1.29 is 14.4 Å². The normalized spacial score (nSPS) is 12.8. The number of amides is 3. The van der Waals surface area contributed by atoms with E-state index >= 15 is 0 Å². The Morgan fingerprint density at radius 2 is 1.38 bits per heavy atom. The van der Waals surface area contributed by atoms with Gasteiger partial charge in [-0.2, -0.15) is 0 Å². The number of hydrogen-bond donors (Lipinski definition) is 2. The summed E-state index contributed by atoms with van der Waals surface area (Å²) >= 11 is 9.20. The van der Waals surface area contributed by atoms with E-state index in [0.717, 1.165) is 26.1 Å². The zero-order valence-corrected chi connectivity index (χ0v) is 27.7. The highest BCUT2D eigenvalue weighted by molar-refractivity contribution is 8.00. The van der Waals surface area contributed by atoms with E-state index in [9.17, 15) is 14.4 Å². The van der Waals surface area contributed by atoms with E-state index in [1.807, 2.05) is 78.6 Å². The van der Waals surface area contributed by atoms with E-state index in [1.54, 1.807) is 78.5 Å². The molecule has 234 valence electrons. The summed E-state index contributed by atoms with van der Waals surface area (Å²) in [5.74, 6) is -0.867. The standard InChI is InChI=1S/C38H30ClN3O3S2/c1-2-33(38(45)42-31-12-6-8-14-34(31)47-35-15-9-7-13-32(35)42)46-29-22-20-28(21-23-29)40-37(44)30(24-25-16-18-27(39)19-17-25)41-36(43)26-10-4-3-5-11-26/h3-24,33H,2H2,1H3,(H,40,44)(H,41,43)/b30-24-. The number of carbonyl (C=O) groups is 3. The van der Waals surface area contributed by atoms with Gasteiger partial charge < -0.3 is 10.6 Å². The van der Waals surface area contributed by atoms with Gasteiger partial charge in [-0.05, 0) is 90.9 Å². The lowest BCUT2D eigenvalue weighted by Crippen LogP contribution is -2.35. The predicted octanol–water partition coefficient (Wildman–Crippen LogP) is 9.45. The Balaban J connectivity index is 1.18. The number of para-hydroxylation sites is 2. The van der Waals surface area contributed by atoms with Crippen molar-refractivity contribution in [1.82, 2.24) is 5.32 Å². The van der Waals surface area contributed by atoms with Crippen LogP contribution in [0.3, 0.4) is 0 Å². The summed E-state index contributed by atoms with van der Waals surface area (Å²) in [5.41, 5.74) is 3.54. The molecule has 1 aliphatic heterocycles. The Hall–Kier alpha value is -4.76. The average molecular weight is 676 g/mol. The molecule has 5 aromatic carbocycles. The Morgan fingerprint density at radius 1 is 0.787 bits per heavy atom. The van der Waals surface area contributed by atoms with E-state index < -0.39 is 11.8 Å². The summed E-state index contributed by atoms with van der Waals surface area (Å²) in [5, 5.41) is 5.87. The number of thioether (sulfide) groups is 1. The maximum atomic E-state index is 14.1. The van der Waals surface area contributed by atoms with Crippen LogP contribution in [0.25, 0.3) is 6.08 Å². The average Bonchev–Trinajstić information content (AvgIpc) is 3.10. The van der Waals surface area contributed by atoms with Gasteiger partial charge in [0.15, 0.2) is 0 Å². The first-order valence-electron chi connectivity index (χ1n) is 15.0. The van der Waals surface area contributed by atoms with Gasteiger partial charge >= 0.3 is 0 Å². The topological polar surface area (TPSA) is 78.5 Å². The Bertz CT molecular complexity index is 1900. The number of benzene rings is 5. The summed E-state index contributed by atoms with van der Waals surface area (Å²) in [6.45, 7) is 2.01. The number of nitrogens with one attached hydrogen (secondary N) is 2. The van der Waals surface area contributed by atoms with Gasteiger partial charge in [-0.25, -0.2) is 0 Å². The van der Waals surface area contributed by atoms with Crippen LogP contribution >= 0.6 is 35.1 Å². The molecule has 0 spiro atoms. The molecule has 0 radical (unpaired) electrons. The third-order valence-corrected chi connectivity index (χ3v) is 10.1. The Kier molecular flexibility index (Phi) is 10.1. The fourth-order valence-electron chi connectivity index (χ4n) is 5.04. The summed E-state index contributed by atoms with van der Waals surface area (Å²) < 4.78 is 0. The van der Waals surface area contributed by atoms with Gasteiger partial charge in [0.05, 0.1) is 16.6 Å². The van der Waals surface area contributed by atoms with Crippen molar-refractivity contribution in [3.05, 3.63) is 149 Å². The van der Waals surface area contributed by atoms with E-state index in [2.05, 4.69) is 10.6 Å². The van der Waals surface area contributed by atoms with Gasteiger partial charge in [-0.1, -0.05) is 84.9 Å². The van der Waals surface area contributed by atoms with Gasteiger partial charge in [0.25, 0.3) is 11.8 Å². The molecule has 2 N–H and O–H groups in total. The minimum atomic E-state index is -0.480. The first-order valence-corrected chi connectivity index (χ1v) is 17.1. The van der Waals surface area contributed by atoms with E-state index in [-0.39, 0.29) is 16.9 Å². The maximum Gasteiger partial charge on any atom is 0.272 e. The van der Waals surface area contributed by atoms with Crippen LogP contribution in [0.15, 0.2) is 148 Å². The molecule has 0 bridgehead atoms. The number of carbonyl (C=O) groups excluding carboxylic acids is 3. The molecule has 0 aliphatic carbocycles. The van der Waals surface area contributed by atoms with Gasteiger partial charge in [0.2, 0.25) is 5.91 Å². The van der Waals surface area contributed by atoms with Crippen molar-refractivity contribution in [3.63, 3.8) is 0 Å². The van der Waals surface area contributed by atoms with Gasteiger partial charge in [0.1, 0.15) is 5.70 Å². The molecule has 0 saturated carbocycles. The molecule has 9 heteroatoms. The predicted molar refractivity (Wildman–Crippen MR) is 192 cm³/mol. The van der Waals surface area contributed by atoms with Crippen LogP contribution in [0.4, 0.5) is 17.1 Å². The molecule has 6 rings (SSSR count). The van der Waals surface area contributed by atoms with E-state index in [1.165, 1.54) is 11.8 Å². The minimum Gasteiger partial charge on any atom is -0.321 e. The lowest BCUT2D eigenvalue weighted by atomic mass is 10.1. The molecule has 1 atom stereocenters. The highest BCUT2D eigenvalue weighted by atomic mass is 35.5. The number of anilines is 3. The second-order valence-corrected chi connectivity index (χ2v) is 13.4. The molecule has 47 heavy (non-hydrogen) atoms. The quantitative estimate of drug-likeness (QED) is 0.120. The van der Waals surface area contributed by atoms with Crippen molar-refractivity contribution in [3.8, 4) is 0 Å². The highest BCUT2D eigenvalue weighted by Gasteiger charge is 2.32. The third-order valence-electron chi connectivity index (χ3n) is 7.40. The van der Waals surface area contributed by atoms with Crippen molar-refractivity contribution >= 4 is 76.0 Å². The van der Waals surface area contributed by atoms with E-state index in [4.69, 9.17) is 11.6 Å². The third kappa shape index (κ3) is 7.63. The molecule has 6 nitrogen and oxygen atoms in total. The number of hydrogen-bond acceptors (Lipinski definition) is 5. The Morgan fingerprint density at radius 3 is 2.00 bits per heavy atom. The number of rotatable bonds is 9. The minimum absolute atomic E-state index is 0.0150. The SMILES string of the molecule is CCC(Sc1ccc(NC(=O)/C(=C/c2ccc(Cl)cc2)NC(=O)c2ccccc2)cc1)C(=O)N1c2ccccc2Sc2ccccc21. The van der Waals surface area contributed by atoms with Crippen LogP contribution in [-0.4, -0.2) is 23.0 Å². The molecule has 1 heterocycles. The molecule has 0 aromatic heterocycles. The molecule has 5 aromatic rings. The van der Waals surface area contributed by atoms with E-state index in [0.29, 0.717) is 28.3 Å². The van der Waals surface area contributed by atoms with Crippen LogP contribution in [0, 0.1) is 0 Å². The van der Waals surface area contributed by atoms with Gasteiger partial charge in [-0.3, -0.25) is 19.3 Å². The largest absolute Gasteiger partial charge is 0.321 e. The lowest BCUT2D eigenvalue weighted by molar-refractivity contribution is -0.117. The lowest BCUT2D eigenvalue weighted by Gasteiger charge is -2.33. The van der Waals surface area contributed by atoms with Crippen LogP contribution in [0.2, 0.25) is 5.02 Å². The summed E-state index contributed by atoms with van der Waals surface area (Å²) in [6, 6.07) is 39.0. The second kappa shape index (κ2) is 14.8. The summed E-state index contributed by atoms with van der Waals surface area (Å²) in [6.07, 6.45) is 2.24. The number of nitrogens with zero attached hydrogens (tertiary/aromatic N) is 1. The molecule has 1 unspecified atom stereocenters. The molecule has 0 fully saturated rings. The first kappa shape index (κ1) is 32.2. The summed E-state index contributed by atoms with van der Waals surface area (Å²) in [4.78, 5) is 45.3. The molecular formula is C38H30ClN3O3S2. The molecule has 1 aliphatic rings. The molecule has 0 saturated heterocycles. The second-order valence-electron chi connectivity index (χ2n) is 10.6. The van der Waals surface area contributed by atoms with Crippen LogP contribution in [-0.2, 0) is 9.59 Å². The van der Waals surface area contributed by atoms with Gasteiger partial charge in [-0.15, -0.1) is 11.8 Å². The number of halogens is 1. The first-order chi connectivity index (χ1) is 22.9. The number of fused-ring (bicyclic) bond motifs is 2. The van der Waals surface area contributed by atoms with Gasteiger partial charge in [0, 0.05) is 31.0 Å². The molecule has 3 amide bonds. The zero-order chi connectivity index (χ0) is 32.8. The van der Waals surface area contributed by atoms with Crippen molar-refractivity contribution in [2.24, 2.45) is 0 Å². The zero-order valence-electron chi connectivity index (χ0n) is 25.4. The van der Waals surface area contributed by atoms with Crippen molar-refractivity contribution in [2.45, 2.75) is 33.3 Å². The smallest absolute Gasteiger partial charge is 0.272 e. The van der Waals surface area contributed by atoms with Crippen LogP contribution < -0.4 is 15.5 Å². The fourth-order valence-corrected chi connectivity index (χ4v) is 7.22. The maximum absolute atomic E-state index is 14.1. The van der Waals surface area contributed by atoms with Crippen LogP contribution in [0.1, 0.15) is 29.3 Å².